The molecule has 1 aliphatic carbocycles. The number of fused-ring (bicyclic) bond motifs is 3. The van der Waals surface area contributed by atoms with Crippen LogP contribution in [0.15, 0.2) is 133 Å². The zero-order chi connectivity index (χ0) is 37.8. The summed E-state index contributed by atoms with van der Waals surface area (Å²) in [5.41, 5.74) is 13.5. The molecule has 0 heterocycles. The second-order valence-electron chi connectivity index (χ2n) is 19.0. The first kappa shape index (κ1) is 32.7. The Kier molecular flexibility index (Phi) is 6.38. The third-order valence-electron chi connectivity index (χ3n) is 13.2. The third-order valence-corrected chi connectivity index (χ3v) is 13.2. The van der Waals surface area contributed by atoms with Crippen molar-refractivity contribution in [2.75, 3.05) is 0 Å². The molecule has 0 aliphatic heterocycles. The standard InChI is InChI=1S/C55H46.3H2/c1-53(2,3)39-25-35-11-9-31-13-19-41(45-23-17-37(27-39)49(35)51(31)45)33-15-21-43-44-22-16-34(30-48(44)55(7,8)47(43)29-33)42-20-14-32-10-12-36-26-40(54(4,5)6)28-38-18-24-46(42)52(32)50(36)38;;;/h9-30H,1-8H3;3*1H. The van der Waals surface area contributed by atoms with E-state index in [2.05, 4.69) is 189 Å². The Hall–Kier alpha value is -5.72. The highest BCUT2D eigenvalue weighted by atomic mass is 14.4. The van der Waals surface area contributed by atoms with Gasteiger partial charge in [-0.3, -0.25) is 0 Å². The molecule has 0 heteroatoms. The first-order valence-corrected chi connectivity index (χ1v) is 20.0. The van der Waals surface area contributed by atoms with E-state index < -0.39 is 0 Å². The average Bonchev–Trinajstić information content (AvgIpc) is 3.39. The molecule has 0 unspecified atom stereocenters. The van der Waals surface area contributed by atoms with E-state index in [-0.39, 0.29) is 20.5 Å². The Bertz CT molecular complexity index is 2990. The van der Waals surface area contributed by atoms with Crippen LogP contribution < -0.4 is 0 Å². The lowest BCUT2D eigenvalue weighted by Gasteiger charge is -2.24. The molecule has 0 radical (unpaired) electrons. The van der Waals surface area contributed by atoms with Gasteiger partial charge in [0.05, 0.1) is 0 Å². The third kappa shape index (κ3) is 4.58. The van der Waals surface area contributed by atoms with Crippen molar-refractivity contribution in [3.05, 3.63) is 156 Å². The van der Waals surface area contributed by atoms with Gasteiger partial charge in [-0.1, -0.05) is 177 Å². The highest BCUT2D eigenvalue weighted by Gasteiger charge is 2.36. The molecule has 11 rings (SSSR count). The number of hydrogen-bond acceptors (Lipinski definition) is 0. The van der Waals surface area contributed by atoms with Gasteiger partial charge in [-0.25, -0.2) is 0 Å². The van der Waals surface area contributed by atoms with Crippen LogP contribution in [0.5, 0.6) is 0 Å². The van der Waals surface area contributed by atoms with Crippen molar-refractivity contribution in [2.24, 2.45) is 0 Å². The van der Waals surface area contributed by atoms with Crippen LogP contribution in [0.1, 0.15) is 81.9 Å². The summed E-state index contributed by atoms with van der Waals surface area (Å²) in [4.78, 5) is 0. The smallest absolute Gasteiger partial charge is 0.0159 e. The molecule has 0 bridgehead atoms. The SMILES string of the molecule is CC(C)(C)c1cc2ccc3ccc(-c4ccc5c(c4)C(C)(C)c4cc(-c6ccc7ccc8cc(C(C)(C)C)cc9ccc6c7c89)ccc4-5)c4ccc(c1)c2c34.[HH].[HH].[HH]. The summed E-state index contributed by atoms with van der Waals surface area (Å²) in [7, 11) is 0. The first-order chi connectivity index (χ1) is 26.3. The van der Waals surface area contributed by atoms with Crippen LogP contribution in [0.25, 0.3) is 98.0 Å². The molecule has 1 aliphatic rings. The minimum Gasteiger partial charge on any atom is -0.0561 e. The van der Waals surface area contributed by atoms with Crippen LogP contribution in [0.2, 0.25) is 0 Å². The summed E-state index contributed by atoms with van der Waals surface area (Å²) in [5.74, 6) is 0. The molecule has 0 amide bonds. The highest BCUT2D eigenvalue weighted by Crippen LogP contribution is 2.52. The summed E-state index contributed by atoms with van der Waals surface area (Å²) >= 11 is 0. The summed E-state index contributed by atoms with van der Waals surface area (Å²) in [6, 6.07) is 52.1. The van der Waals surface area contributed by atoms with E-state index in [1.165, 1.54) is 120 Å². The lowest BCUT2D eigenvalue weighted by atomic mass is 9.80. The largest absolute Gasteiger partial charge is 0.0561 e. The molecular weight excluding hydrogens is 661 g/mol. The summed E-state index contributed by atoms with van der Waals surface area (Å²) in [6.07, 6.45) is 0. The van der Waals surface area contributed by atoms with Crippen molar-refractivity contribution >= 4 is 64.6 Å². The normalized spacial score (nSPS) is 14.3. The second-order valence-corrected chi connectivity index (χ2v) is 19.0. The zero-order valence-electron chi connectivity index (χ0n) is 33.2. The van der Waals surface area contributed by atoms with Gasteiger partial charge in [0.1, 0.15) is 0 Å². The van der Waals surface area contributed by atoms with Crippen LogP contribution in [0, 0.1) is 0 Å². The quantitative estimate of drug-likeness (QED) is 0.157. The number of rotatable bonds is 2. The zero-order valence-corrected chi connectivity index (χ0v) is 33.2. The van der Waals surface area contributed by atoms with Crippen LogP contribution in [-0.2, 0) is 16.2 Å². The summed E-state index contributed by atoms with van der Waals surface area (Å²) < 4.78 is 0. The maximum absolute atomic E-state index is 2.49. The summed E-state index contributed by atoms with van der Waals surface area (Å²) in [5, 5.41) is 16.1. The molecule has 0 spiro atoms. The molecule has 0 N–H and O–H groups in total. The monoisotopic (exact) mass is 712 g/mol. The Balaban J connectivity index is 0.00000156. The average molecular weight is 713 g/mol. The predicted molar refractivity (Wildman–Crippen MR) is 246 cm³/mol. The molecule has 0 saturated heterocycles. The van der Waals surface area contributed by atoms with Gasteiger partial charge < -0.3 is 0 Å². The number of hydrogen-bond donors (Lipinski definition) is 0. The molecule has 10 aromatic carbocycles. The van der Waals surface area contributed by atoms with E-state index in [1.54, 1.807) is 0 Å². The van der Waals surface area contributed by atoms with E-state index in [1.807, 2.05) is 0 Å². The minimum absolute atomic E-state index is 0. The predicted octanol–water partition coefficient (Wildman–Crippen LogP) is 16.5. The van der Waals surface area contributed by atoms with E-state index in [0.717, 1.165) is 0 Å². The Morgan fingerprint density at radius 2 is 0.673 bits per heavy atom. The van der Waals surface area contributed by atoms with Crippen molar-refractivity contribution < 1.29 is 4.28 Å². The Morgan fingerprint density at radius 3 is 1.05 bits per heavy atom. The molecule has 0 nitrogen and oxygen atoms in total. The van der Waals surface area contributed by atoms with Crippen molar-refractivity contribution in [3.8, 4) is 33.4 Å². The van der Waals surface area contributed by atoms with Gasteiger partial charge in [-0.05, 0) is 143 Å². The maximum atomic E-state index is 2.49. The first-order valence-electron chi connectivity index (χ1n) is 20.0. The van der Waals surface area contributed by atoms with Crippen molar-refractivity contribution in [1.29, 1.82) is 0 Å². The van der Waals surface area contributed by atoms with Gasteiger partial charge in [0.15, 0.2) is 0 Å². The van der Waals surface area contributed by atoms with E-state index >= 15 is 0 Å². The Morgan fingerprint density at radius 1 is 0.345 bits per heavy atom. The van der Waals surface area contributed by atoms with Crippen LogP contribution >= 0.6 is 0 Å². The fraction of sp³-hybridized carbons (Fsp3) is 0.200. The van der Waals surface area contributed by atoms with E-state index in [0.29, 0.717) is 0 Å². The second kappa shape index (κ2) is 10.7. The molecule has 55 heavy (non-hydrogen) atoms. The lowest BCUT2D eigenvalue weighted by molar-refractivity contribution is 0.591. The number of benzene rings is 10. The highest BCUT2D eigenvalue weighted by molar-refractivity contribution is 6.27. The van der Waals surface area contributed by atoms with Crippen molar-refractivity contribution in [1.82, 2.24) is 0 Å². The lowest BCUT2D eigenvalue weighted by Crippen LogP contribution is -2.15. The fourth-order valence-corrected chi connectivity index (χ4v) is 10.1. The van der Waals surface area contributed by atoms with Gasteiger partial charge in [-0.15, -0.1) is 0 Å². The molecule has 0 saturated carbocycles. The van der Waals surface area contributed by atoms with Gasteiger partial charge in [-0.2, -0.15) is 0 Å². The molecule has 272 valence electrons. The fourth-order valence-electron chi connectivity index (χ4n) is 10.1. The maximum Gasteiger partial charge on any atom is 0.0159 e. The van der Waals surface area contributed by atoms with Crippen LogP contribution in [-0.4, -0.2) is 0 Å². The molecule has 0 atom stereocenters. The molecule has 0 fully saturated rings. The molecule has 10 aromatic rings. The van der Waals surface area contributed by atoms with Gasteiger partial charge >= 0.3 is 0 Å². The van der Waals surface area contributed by atoms with Crippen LogP contribution in [0.3, 0.4) is 0 Å². The van der Waals surface area contributed by atoms with Gasteiger partial charge in [0.25, 0.3) is 0 Å². The van der Waals surface area contributed by atoms with Crippen LogP contribution in [0.4, 0.5) is 0 Å². The van der Waals surface area contributed by atoms with E-state index in [4.69, 9.17) is 0 Å². The minimum atomic E-state index is -0.142. The molecule has 0 aromatic heterocycles. The van der Waals surface area contributed by atoms with E-state index in [9.17, 15) is 0 Å². The van der Waals surface area contributed by atoms with Gasteiger partial charge in [0.2, 0.25) is 0 Å². The van der Waals surface area contributed by atoms with Crippen molar-refractivity contribution in [3.63, 3.8) is 0 Å². The summed E-state index contributed by atoms with van der Waals surface area (Å²) in [6.45, 7) is 18.7. The molecular formula is C55H52. The van der Waals surface area contributed by atoms with Gasteiger partial charge in [0, 0.05) is 9.69 Å². The van der Waals surface area contributed by atoms with Crippen molar-refractivity contribution in [2.45, 2.75) is 71.6 Å². The topological polar surface area (TPSA) is 0 Å². The Labute approximate surface area is 328 Å².